The predicted molar refractivity (Wildman–Crippen MR) is 172 cm³/mol. The number of ether oxygens (including phenoxy) is 2. The van der Waals surface area contributed by atoms with Gasteiger partial charge in [0.25, 0.3) is 5.91 Å². The number of benzene rings is 1. The molecule has 0 radical (unpaired) electrons. The van der Waals surface area contributed by atoms with Crippen LogP contribution < -0.4 is 21.4 Å². The van der Waals surface area contributed by atoms with Crippen molar-refractivity contribution in [3.05, 3.63) is 40.7 Å². The van der Waals surface area contributed by atoms with E-state index in [1.165, 1.54) is 23.1 Å². The zero-order valence-corrected chi connectivity index (χ0v) is 28.3. The fraction of sp³-hybridized carbons (Fsp3) is 0.606. The van der Waals surface area contributed by atoms with Gasteiger partial charge in [-0.05, 0) is 42.9 Å². The van der Waals surface area contributed by atoms with Crippen LogP contribution in [0.1, 0.15) is 71.8 Å². The van der Waals surface area contributed by atoms with Gasteiger partial charge in [0.15, 0.2) is 0 Å². The normalized spacial score (nSPS) is 24.8. The first-order valence-electron chi connectivity index (χ1n) is 16.3. The first-order chi connectivity index (χ1) is 22.7. The molecule has 1 aromatic carbocycles. The summed E-state index contributed by atoms with van der Waals surface area (Å²) < 4.78 is 25.6. The van der Waals surface area contributed by atoms with Gasteiger partial charge < -0.3 is 30.3 Å². The average molecular weight is 692 g/mol. The van der Waals surface area contributed by atoms with Crippen LogP contribution >= 0.6 is 11.6 Å². The second kappa shape index (κ2) is 14.4. The van der Waals surface area contributed by atoms with Crippen LogP contribution in [0.5, 0.6) is 0 Å². The second-order valence-electron chi connectivity index (χ2n) is 13.9. The lowest BCUT2D eigenvalue weighted by molar-refractivity contribution is -0.144. The lowest BCUT2D eigenvalue weighted by atomic mass is 9.85. The quantitative estimate of drug-likeness (QED) is 0.256. The fourth-order valence-electron chi connectivity index (χ4n) is 6.09. The molecule has 3 fully saturated rings. The molecule has 4 aliphatic rings. The number of hydrogen-bond donors (Lipinski definition) is 4. The summed E-state index contributed by atoms with van der Waals surface area (Å²) >= 11 is 6.31. The molecule has 0 bridgehead atoms. The summed E-state index contributed by atoms with van der Waals surface area (Å²) in [5.74, 6) is -3.42. The number of ketones is 1. The van der Waals surface area contributed by atoms with E-state index < -0.39 is 70.7 Å². The highest BCUT2D eigenvalue weighted by molar-refractivity contribution is 6.38. The van der Waals surface area contributed by atoms with Gasteiger partial charge in [0, 0.05) is 18.9 Å². The Kier molecular flexibility index (Phi) is 10.7. The van der Waals surface area contributed by atoms with Crippen molar-refractivity contribution in [2.24, 2.45) is 5.41 Å². The van der Waals surface area contributed by atoms with Crippen LogP contribution in [-0.4, -0.2) is 90.1 Å². The Morgan fingerprint density at radius 1 is 1.17 bits per heavy atom. The van der Waals surface area contributed by atoms with Crippen LogP contribution in [0.2, 0.25) is 5.02 Å². The third kappa shape index (κ3) is 8.09. The van der Waals surface area contributed by atoms with Gasteiger partial charge in [0.1, 0.15) is 29.6 Å². The molecule has 13 nitrogen and oxygen atoms in total. The van der Waals surface area contributed by atoms with Gasteiger partial charge in [-0.2, -0.15) is 0 Å². The maximum absolute atomic E-state index is 14.9. The van der Waals surface area contributed by atoms with Gasteiger partial charge in [-0.3, -0.25) is 29.5 Å². The van der Waals surface area contributed by atoms with Crippen LogP contribution in [-0.2, 0) is 33.5 Å². The van der Waals surface area contributed by atoms with Crippen molar-refractivity contribution in [2.45, 2.75) is 102 Å². The van der Waals surface area contributed by atoms with Crippen LogP contribution in [0.15, 0.2) is 24.3 Å². The third-order valence-electron chi connectivity index (χ3n) is 8.83. The van der Waals surface area contributed by atoms with Gasteiger partial charge >= 0.3 is 6.09 Å². The highest BCUT2D eigenvalue weighted by atomic mass is 35.5. The molecule has 1 aromatic rings. The molecule has 1 saturated carbocycles. The Bertz CT molecular complexity index is 1450. The Morgan fingerprint density at radius 3 is 2.54 bits per heavy atom. The van der Waals surface area contributed by atoms with E-state index in [2.05, 4.69) is 21.4 Å². The Hall–Kier alpha value is -3.75. The largest absolute Gasteiger partial charge is 0.444 e. The molecule has 2 saturated heterocycles. The monoisotopic (exact) mass is 691 g/mol. The van der Waals surface area contributed by atoms with E-state index in [0.29, 0.717) is 19.4 Å². The lowest BCUT2D eigenvalue weighted by Crippen LogP contribution is -2.59. The Morgan fingerprint density at radius 2 is 1.92 bits per heavy atom. The standard InChI is InChI=1S/C33H43ClFN5O8/c1-5-7-22(26(41)29(43)36-18-10-11-18)37-28(42)24-15-33(14-23(39-48-33)25-20(34)8-6-9-21(25)35)17-40(24)30(44)27(32(2,3)4)38-31(45)47-19-12-13-46-16-19/h6,8-9,14,18-19,22,24,27,39H,5,7,10-13,15-17H2,1-4H3,(H,36,43)(H,37,42)(H,38,45)/t19-,22-,24-,27+,33+/m0/s1. The van der Waals surface area contributed by atoms with Crippen molar-refractivity contribution in [1.82, 2.24) is 26.3 Å². The molecule has 1 aliphatic carbocycles. The van der Waals surface area contributed by atoms with Crippen LogP contribution in [0, 0.1) is 11.2 Å². The van der Waals surface area contributed by atoms with Gasteiger partial charge in [-0.15, -0.1) is 0 Å². The molecular formula is C33H43ClFN5O8. The minimum Gasteiger partial charge on any atom is -0.444 e. The number of alkyl carbamates (subject to hydrolysis) is 1. The number of hydrogen-bond acceptors (Lipinski definition) is 9. The zero-order valence-electron chi connectivity index (χ0n) is 27.5. The number of likely N-dealkylation sites (tertiary alicyclic amines) is 1. The van der Waals surface area contributed by atoms with E-state index in [-0.39, 0.29) is 48.3 Å². The fourth-order valence-corrected chi connectivity index (χ4v) is 6.36. The topological polar surface area (TPSA) is 164 Å². The van der Waals surface area contributed by atoms with Crippen molar-refractivity contribution in [1.29, 1.82) is 0 Å². The number of rotatable bonds is 11. The molecule has 4 amide bonds. The van der Waals surface area contributed by atoms with Gasteiger partial charge in [0.05, 0.1) is 42.1 Å². The number of hydroxylamine groups is 1. The first-order valence-corrected chi connectivity index (χ1v) is 16.7. The number of nitrogens with one attached hydrogen (secondary N) is 4. The minimum atomic E-state index is -1.31. The number of halogens is 2. The summed E-state index contributed by atoms with van der Waals surface area (Å²) in [7, 11) is 0. The molecule has 0 unspecified atom stereocenters. The smallest absolute Gasteiger partial charge is 0.408 e. The molecular weight excluding hydrogens is 649 g/mol. The van der Waals surface area contributed by atoms with E-state index in [1.54, 1.807) is 26.8 Å². The third-order valence-corrected chi connectivity index (χ3v) is 9.14. The Labute approximate surface area is 283 Å². The number of amides is 4. The van der Waals surface area contributed by atoms with E-state index in [9.17, 15) is 28.4 Å². The number of carbonyl (C=O) groups excluding carboxylic acids is 5. The van der Waals surface area contributed by atoms with Crippen LogP contribution in [0.4, 0.5) is 9.18 Å². The zero-order chi connectivity index (χ0) is 34.8. The van der Waals surface area contributed by atoms with Crippen LogP contribution in [0.3, 0.4) is 0 Å². The SMILES string of the molecule is CCC[C@H](NC(=O)[C@@H]1C[C@]2(C=C(c3c(F)cccc3Cl)NO2)CN1C(=O)[C@@H](NC(=O)O[C@H]1CCOC1)C(C)(C)C)C(=O)C(=O)NC1CC1. The maximum Gasteiger partial charge on any atom is 0.408 e. The summed E-state index contributed by atoms with van der Waals surface area (Å²) in [5.41, 5.74) is 0.848. The lowest BCUT2D eigenvalue weighted by Gasteiger charge is -2.35. The van der Waals surface area contributed by atoms with Crippen molar-refractivity contribution in [2.75, 3.05) is 19.8 Å². The number of nitrogens with zero attached hydrogens (tertiary/aromatic N) is 1. The summed E-state index contributed by atoms with van der Waals surface area (Å²) in [5, 5.41) is 8.18. The van der Waals surface area contributed by atoms with Crippen molar-refractivity contribution >= 4 is 46.9 Å². The molecule has 1 spiro atoms. The number of Topliss-reactive ketones (excluding diaryl/α,β-unsaturated/α-hetero) is 1. The van der Waals surface area contributed by atoms with Gasteiger partial charge in [-0.25, -0.2) is 9.18 Å². The first kappa shape index (κ1) is 35.6. The van der Waals surface area contributed by atoms with E-state index in [0.717, 1.165) is 12.8 Å². The van der Waals surface area contributed by atoms with Crippen molar-refractivity contribution < 1.29 is 42.7 Å². The van der Waals surface area contributed by atoms with E-state index >= 15 is 0 Å². The predicted octanol–water partition coefficient (Wildman–Crippen LogP) is 2.76. The van der Waals surface area contributed by atoms with Crippen molar-refractivity contribution in [3.8, 4) is 0 Å². The maximum atomic E-state index is 14.9. The molecule has 0 aromatic heterocycles. The molecule has 3 aliphatic heterocycles. The molecule has 5 atom stereocenters. The van der Waals surface area contributed by atoms with E-state index in [4.69, 9.17) is 25.9 Å². The summed E-state index contributed by atoms with van der Waals surface area (Å²) in [4.78, 5) is 74.4. The molecule has 48 heavy (non-hydrogen) atoms. The molecule has 5 rings (SSSR count). The number of carbonyl (C=O) groups is 5. The minimum absolute atomic E-state index is 0.0482. The molecule has 262 valence electrons. The van der Waals surface area contributed by atoms with Crippen LogP contribution in [0.25, 0.3) is 5.70 Å². The highest BCUT2D eigenvalue weighted by Crippen LogP contribution is 2.40. The van der Waals surface area contributed by atoms with E-state index in [1.807, 2.05) is 6.92 Å². The second-order valence-corrected chi connectivity index (χ2v) is 14.3. The van der Waals surface area contributed by atoms with Crippen molar-refractivity contribution in [3.63, 3.8) is 0 Å². The Balaban J connectivity index is 1.43. The molecule has 4 N–H and O–H groups in total. The summed E-state index contributed by atoms with van der Waals surface area (Å²) in [6.07, 6.45) is 3.04. The van der Waals surface area contributed by atoms with Gasteiger partial charge in [-0.1, -0.05) is 51.8 Å². The average Bonchev–Trinajstić information content (AvgIpc) is 3.37. The highest BCUT2D eigenvalue weighted by Gasteiger charge is 2.54. The molecule has 3 heterocycles. The summed E-state index contributed by atoms with van der Waals surface area (Å²) in [6.45, 7) is 7.64. The molecule has 15 heteroatoms. The van der Waals surface area contributed by atoms with Gasteiger partial charge in [0.2, 0.25) is 17.6 Å². The summed E-state index contributed by atoms with van der Waals surface area (Å²) in [6, 6.07) is 0.719.